The average molecular weight is 715 g/mol. The van der Waals surface area contributed by atoms with Crippen molar-refractivity contribution in [3.63, 3.8) is 0 Å². The van der Waals surface area contributed by atoms with Gasteiger partial charge in [-0.1, -0.05) is 119 Å². The highest BCUT2D eigenvalue weighted by Gasteiger charge is 2.55. The van der Waals surface area contributed by atoms with Gasteiger partial charge < -0.3 is 40.0 Å². The van der Waals surface area contributed by atoms with E-state index < -0.39 is 48.0 Å². The van der Waals surface area contributed by atoms with Crippen molar-refractivity contribution >= 4 is 17.2 Å². The van der Waals surface area contributed by atoms with Crippen LogP contribution in [0.4, 0.5) is 0 Å². The quantitative estimate of drug-likeness (QED) is 0.0848. The molecule has 2 rings (SSSR count). The second-order valence-corrected chi connectivity index (χ2v) is 17.2. The average Bonchev–Trinajstić information content (AvgIpc) is 3.04. The van der Waals surface area contributed by atoms with E-state index in [0.29, 0.717) is 11.1 Å². The third-order valence-corrected chi connectivity index (χ3v) is 12.4. The Kier molecular flexibility index (Phi) is 16.3. The molecule has 0 fully saturated rings. The van der Waals surface area contributed by atoms with Crippen LogP contribution in [0.3, 0.4) is 0 Å². The first-order valence-electron chi connectivity index (χ1n) is 16.9. The van der Waals surface area contributed by atoms with Crippen molar-refractivity contribution in [3.8, 4) is 0 Å². The minimum absolute atomic E-state index is 0.0695. The Morgan fingerprint density at radius 3 is 1.00 bits per heavy atom. The van der Waals surface area contributed by atoms with Crippen molar-refractivity contribution in [1.29, 1.82) is 0 Å². The molecule has 11 heteroatoms. The molecule has 0 aliphatic rings. The summed E-state index contributed by atoms with van der Waals surface area (Å²) in [4.78, 5) is 31.3. The number of aliphatic hydroxyl groups excluding tert-OH is 3. The summed E-state index contributed by atoms with van der Waals surface area (Å²) in [6, 6.07) is 12.6. The fourth-order valence-corrected chi connectivity index (χ4v) is 6.27. The molecule has 0 saturated heterocycles. The van der Waals surface area contributed by atoms with E-state index in [0.717, 1.165) is 36.8 Å². The second kappa shape index (κ2) is 17.4. The van der Waals surface area contributed by atoms with Gasteiger partial charge in [-0.25, -0.2) is 4.31 Å². The van der Waals surface area contributed by atoms with Crippen LogP contribution in [-0.2, 0) is 31.6 Å². The molecule has 0 atom stereocenters. The summed E-state index contributed by atoms with van der Waals surface area (Å²) in [5.74, 6) is 0. The van der Waals surface area contributed by atoms with Crippen molar-refractivity contribution in [1.82, 2.24) is 0 Å². The molecule has 0 bridgehead atoms. The minimum Gasteiger partial charge on any atom is -0.395 e. The third-order valence-electron chi connectivity index (χ3n) is 11.2. The van der Waals surface area contributed by atoms with E-state index in [1.165, 1.54) is 11.1 Å². The lowest BCUT2D eigenvalue weighted by atomic mass is 9.59. The molecule has 0 spiro atoms. The predicted molar refractivity (Wildman–Crippen MR) is 197 cm³/mol. The van der Waals surface area contributed by atoms with E-state index in [1.54, 1.807) is 0 Å². The van der Waals surface area contributed by atoms with Gasteiger partial charge in [0.1, 0.15) is 5.60 Å². The summed E-state index contributed by atoms with van der Waals surface area (Å²) >= 11 is 0. The molecule has 2 aromatic carbocycles. The zero-order chi connectivity index (χ0) is 37.5. The standard InChI is InChI=1S/C37H60O4.H4O5P2/c1-13-32(5,6)26-17-19-28(30(21-26)34(9,10)15-3)37(41,36(23-38,24-39)25-40)29-20-18-27(33(7,8)14-2)22-31(29)35(11,12)16-4;1-6(2)5-7(3)4/h17-22,38-41H,13-16,23-25H2,1-12H3;1-4H. The van der Waals surface area contributed by atoms with Crippen LogP contribution in [0.5, 0.6) is 0 Å². The maximum Gasteiger partial charge on any atom is 0.334 e. The minimum atomic E-state index is -2.61. The summed E-state index contributed by atoms with van der Waals surface area (Å²) in [6.45, 7) is 24.5. The molecule has 8 N–H and O–H groups in total. The highest BCUT2D eigenvalue weighted by atomic mass is 31.2. The van der Waals surface area contributed by atoms with Gasteiger partial charge in [0.2, 0.25) is 0 Å². The Morgan fingerprint density at radius 1 is 0.500 bits per heavy atom. The summed E-state index contributed by atoms with van der Waals surface area (Å²) in [5, 5.41) is 46.1. The summed E-state index contributed by atoms with van der Waals surface area (Å²) in [5.41, 5.74) is 1.28. The first kappa shape index (κ1) is 45.0. The summed E-state index contributed by atoms with van der Waals surface area (Å²) < 4.78 is 3.60. The van der Waals surface area contributed by atoms with Crippen LogP contribution in [0.15, 0.2) is 36.4 Å². The summed E-state index contributed by atoms with van der Waals surface area (Å²) in [6.07, 6.45) is 3.57. The maximum absolute atomic E-state index is 13.4. The number of aliphatic hydroxyl groups is 4. The van der Waals surface area contributed by atoms with E-state index in [1.807, 2.05) is 12.1 Å². The zero-order valence-corrected chi connectivity index (χ0v) is 33.1. The van der Waals surface area contributed by atoms with Gasteiger partial charge in [0, 0.05) is 0 Å². The summed E-state index contributed by atoms with van der Waals surface area (Å²) in [7, 11) is -5.22. The molecule has 9 nitrogen and oxygen atoms in total. The molecule has 48 heavy (non-hydrogen) atoms. The highest BCUT2D eigenvalue weighted by molar-refractivity contribution is 7.53. The number of rotatable bonds is 16. The van der Waals surface area contributed by atoms with Gasteiger partial charge in [-0.15, -0.1) is 0 Å². The van der Waals surface area contributed by atoms with Crippen LogP contribution in [0.1, 0.15) is 142 Å². The topological polar surface area (TPSA) is 171 Å². The van der Waals surface area contributed by atoms with Crippen molar-refractivity contribution in [2.45, 2.75) is 136 Å². The SMILES string of the molecule is CCC(C)(C)c1ccc(C(O)(c2ccc(C(C)(C)CC)cc2C(C)(C)CC)C(CO)(CO)CO)c(C(C)(C)CC)c1.OP(O)OP(O)O. The predicted octanol–water partition coefficient (Wildman–Crippen LogP) is 7.06. The molecule has 276 valence electrons. The lowest BCUT2D eigenvalue weighted by Crippen LogP contribution is -2.55. The van der Waals surface area contributed by atoms with Gasteiger partial charge in [-0.05, 0) is 80.7 Å². The highest BCUT2D eigenvalue weighted by Crippen LogP contribution is 2.52. The number of hydrogen-bond donors (Lipinski definition) is 8. The van der Waals surface area contributed by atoms with E-state index >= 15 is 0 Å². The molecule has 0 unspecified atom stereocenters. The Bertz CT molecular complexity index is 1210. The van der Waals surface area contributed by atoms with E-state index in [2.05, 4.69) is 112 Å². The number of hydrogen-bond acceptors (Lipinski definition) is 9. The monoisotopic (exact) mass is 714 g/mol. The lowest BCUT2D eigenvalue weighted by Gasteiger charge is -2.49. The maximum atomic E-state index is 13.4. The number of benzene rings is 2. The van der Waals surface area contributed by atoms with Crippen molar-refractivity contribution < 1.29 is 44.3 Å². The van der Waals surface area contributed by atoms with Crippen LogP contribution in [0.2, 0.25) is 0 Å². The zero-order valence-electron chi connectivity index (χ0n) is 31.3. The largest absolute Gasteiger partial charge is 0.395 e. The molecule has 0 heterocycles. The smallest absolute Gasteiger partial charge is 0.334 e. The molecule has 2 aromatic rings. The fraction of sp³-hybridized carbons (Fsp3) is 0.676. The van der Waals surface area contributed by atoms with Crippen molar-refractivity contribution in [2.75, 3.05) is 19.8 Å². The Morgan fingerprint density at radius 2 is 0.792 bits per heavy atom. The van der Waals surface area contributed by atoms with Gasteiger partial charge in [0.05, 0.1) is 25.2 Å². The molecule has 0 aliphatic carbocycles. The fourth-order valence-electron chi connectivity index (χ4n) is 5.75. The van der Waals surface area contributed by atoms with Crippen molar-refractivity contribution in [2.24, 2.45) is 5.41 Å². The molecular formula is C37H64O9P2. The molecule has 0 aliphatic heterocycles. The first-order chi connectivity index (χ1) is 22.0. The molecule has 0 aromatic heterocycles. The Balaban J connectivity index is 0.00000148. The second-order valence-electron chi connectivity index (χ2n) is 15.5. The van der Waals surface area contributed by atoms with E-state index in [9.17, 15) is 20.4 Å². The normalized spacial score (nSPS) is 13.6. The van der Waals surface area contributed by atoms with Gasteiger partial charge in [0.15, 0.2) is 0 Å². The van der Waals surface area contributed by atoms with Gasteiger partial charge in [-0.3, -0.25) is 0 Å². The third kappa shape index (κ3) is 9.63. The van der Waals surface area contributed by atoms with Gasteiger partial charge in [-0.2, -0.15) is 0 Å². The Labute approximate surface area is 292 Å². The Hall–Kier alpha value is -1.06. The molecular weight excluding hydrogens is 650 g/mol. The molecule has 0 radical (unpaired) electrons. The van der Waals surface area contributed by atoms with E-state index in [4.69, 9.17) is 19.6 Å². The van der Waals surface area contributed by atoms with Crippen LogP contribution < -0.4 is 0 Å². The van der Waals surface area contributed by atoms with Crippen molar-refractivity contribution in [3.05, 3.63) is 69.8 Å². The van der Waals surface area contributed by atoms with Crippen LogP contribution in [0, 0.1) is 5.41 Å². The van der Waals surface area contributed by atoms with Gasteiger partial charge >= 0.3 is 17.2 Å². The van der Waals surface area contributed by atoms with E-state index in [-0.39, 0.29) is 21.7 Å². The van der Waals surface area contributed by atoms with Crippen LogP contribution >= 0.6 is 17.2 Å². The van der Waals surface area contributed by atoms with Crippen LogP contribution in [-0.4, -0.2) is 59.8 Å². The van der Waals surface area contributed by atoms with Gasteiger partial charge in [0.25, 0.3) is 0 Å². The molecule has 0 saturated carbocycles. The molecule has 0 amide bonds. The lowest BCUT2D eigenvalue weighted by molar-refractivity contribution is -0.137. The van der Waals surface area contributed by atoms with Crippen LogP contribution in [0.25, 0.3) is 0 Å². The first-order valence-corrected chi connectivity index (χ1v) is 19.2.